The Balaban J connectivity index is 0.00000112. The summed E-state index contributed by atoms with van der Waals surface area (Å²) in [6.07, 6.45) is 0. The van der Waals surface area contributed by atoms with Crippen molar-refractivity contribution < 1.29 is 13.0 Å². The summed E-state index contributed by atoms with van der Waals surface area (Å²) in [6, 6.07) is 11.9. The van der Waals surface area contributed by atoms with Crippen molar-refractivity contribution in [3.05, 3.63) is 42.5 Å². The predicted octanol–water partition coefficient (Wildman–Crippen LogP) is 1.71. The summed E-state index contributed by atoms with van der Waals surface area (Å²) in [6.45, 7) is 0. The van der Waals surface area contributed by atoms with Crippen LogP contribution < -0.4 is 0 Å². The lowest BCUT2D eigenvalue weighted by Gasteiger charge is -1.99. The number of fused-ring (bicyclic) bond motifs is 1. The fraction of sp³-hybridized carbons (Fsp3) is 0. The van der Waals surface area contributed by atoms with E-state index in [2.05, 4.69) is 0 Å². The van der Waals surface area contributed by atoms with Crippen LogP contribution in [0.25, 0.3) is 10.8 Å². The summed E-state index contributed by atoms with van der Waals surface area (Å²) < 4.78 is 30.5. The largest absolute Gasteiger partial charge is 0.294 e. The second-order valence-electron chi connectivity index (χ2n) is 2.98. The molecule has 0 aromatic heterocycles. The molecule has 0 spiro atoms. The number of hydrogen-bond donors (Lipinski definition) is 1. The zero-order valence-electron chi connectivity index (χ0n) is 7.92. The van der Waals surface area contributed by atoms with Crippen LogP contribution in [0.3, 0.4) is 0 Å². The maximum atomic E-state index is 10.8. The molecule has 0 aliphatic carbocycles. The van der Waals surface area contributed by atoms with Crippen molar-refractivity contribution in [3.63, 3.8) is 0 Å². The second-order valence-corrected chi connectivity index (χ2v) is 4.41. The predicted molar refractivity (Wildman–Crippen MR) is 59.5 cm³/mol. The molecule has 0 bridgehead atoms. The topological polar surface area (TPSA) is 54.4 Å². The van der Waals surface area contributed by atoms with Gasteiger partial charge in [0.15, 0.2) is 0 Å². The van der Waals surface area contributed by atoms with E-state index < -0.39 is 10.1 Å². The number of rotatable bonds is 1. The Morgan fingerprint density at radius 3 is 2.13 bits per heavy atom. The van der Waals surface area contributed by atoms with Crippen molar-refractivity contribution >= 4 is 43.9 Å². The highest BCUT2D eigenvalue weighted by atomic mass is 32.2. The summed E-state index contributed by atoms with van der Waals surface area (Å²) in [7, 11) is -4.09. The van der Waals surface area contributed by atoms with Gasteiger partial charge in [-0.15, -0.1) is 0 Å². The van der Waals surface area contributed by atoms with Gasteiger partial charge in [-0.25, -0.2) is 0 Å². The first-order valence-electron chi connectivity index (χ1n) is 4.04. The summed E-state index contributed by atoms with van der Waals surface area (Å²) >= 11 is 0. The molecule has 2 radical (unpaired) electrons. The van der Waals surface area contributed by atoms with Crippen LogP contribution in [0.1, 0.15) is 0 Å². The molecule has 0 saturated carbocycles. The van der Waals surface area contributed by atoms with Gasteiger partial charge < -0.3 is 0 Å². The Labute approximate surface area is 104 Å². The van der Waals surface area contributed by atoms with Crippen molar-refractivity contribution in [2.75, 3.05) is 0 Å². The summed E-state index contributed by atoms with van der Waals surface area (Å²) in [5.74, 6) is 0. The van der Waals surface area contributed by atoms with Crippen LogP contribution in [0, 0.1) is 0 Å². The van der Waals surface area contributed by atoms with Gasteiger partial charge in [0.25, 0.3) is 10.1 Å². The van der Waals surface area contributed by atoms with Gasteiger partial charge in [0, 0.05) is 23.1 Å². The Hall–Kier alpha value is -0.624. The minimum absolute atomic E-state index is 0. The standard InChI is InChI=1S/C10H8O3S.Mg/c11-14(12,13)10-6-5-8-3-1-2-4-9(8)7-10;/h1-7H,(H,11,12,13);. The third-order valence-electron chi connectivity index (χ3n) is 2.02. The molecule has 5 heteroatoms. The normalized spacial score (nSPS) is 11.0. The smallest absolute Gasteiger partial charge is 0.282 e. The van der Waals surface area contributed by atoms with Crippen LogP contribution >= 0.6 is 0 Å². The molecule has 0 aliphatic rings. The summed E-state index contributed by atoms with van der Waals surface area (Å²) in [4.78, 5) is -0.0730. The Morgan fingerprint density at radius 1 is 0.933 bits per heavy atom. The van der Waals surface area contributed by atoms with Crippen molar-refractivity contribution in [2.45, 2.75) is 4.90 Å². The minimum atomic E-state index is -4.09. The van der Waals surface area contributed by atoms with Crippen LogP contribution in [0.2, 0.25) is 0 Å². The highest BCUT2D eigenvalue weighted by molar-refractivity contribution is 7.85. The van der Waals surface area contributed by atoms with E-state index in [1.165, 1.54) is 12.1 Å². The van der Waals surface area contributed by atoms with E-state index in [0.29, 0.717) is 0 Å². The van der Waals surface area contributed by atoms with Crippen LogP contribution in [0.4, 0.5) is 0 Å². The van der Waals surface area contributed by atoms with Crippen LogP contribution in [-0.2, 0) is 10.1 Å². The Bertz CT molecular complexity index is 578. The molecule has 0 atom stereocenters. The van der Waals surface area contributed by atoms with Crippen molar-refractivity contribution in [2.24, 2.45) is 0 Å². The lowest BCUT2D eigenvalue weighted by atomic mass is 10.1. The quantitative estimate of drug-likeness (QED) is 0.601. The highest BCUT2D eigenvalue weighted by Crippen LogP contribution is 2.18. The summed E-state index contributed by atoms with van der Waals surface area (Å²) in [5.41, 5.74) is 0. The SMILES string of the molecule is O=S(=O)(O)c1ccc2ccccc2c1.[Mg]. The third-order valence-corrected chi connectivity index (χ3v) is 2.87. The molecule has 74 valence electrons. The lowest BCUT2D eigenvalue weighted by molar-refractivity contribution is 0.483. The van der Waals surface area contributed by atoms with Gasteiger partial charge in [-0.05, 0) is 22.9 Å². The molecule has 0 aliphatic heterocycles. The zero-order chi connectivity index (χ0) is 10.2. The van der Waals surface area contributed by atoms with E-state index in [9.17, 15) is 8.42 Å². The van der Waals surface area contributed by atoms with E-state index in [-0.39, 0.29) is 27.9 Å². The first kappa shape index (κ1) is 12.4. The molecule has 15 heavy (non-hydrogen) atoms. The summed E-state index contributed by atoms with van der Waals surface area (Å²) in [5, 5.41) is 1.74. The van der Waals surface area contributed by atoms with E-state index in [4.69, 9.17) is 4.55 Å². The molecule has 3 nitrogen and oxygen atoms in total. The van der Waals surface area contributed by atoms with Crippen molar-refractivity contribution in [3.8, 4) is 0 Å². The van der Waals surface area contributed by atoms with Gasteiger partial charge >= 0.3 is 0 Å². The van der Waals surface area contributed by atoms with Gasteiger partial charge in [-0.3, -0.25) is 4.55 Å². The molecule has 0 amide bonds. The molecule has 2 aromatic carbocycles. The number of benzene rings is 2. The number of hydrogen-bond acceptors (Lipinski definition) is 2. The third kappa shape index (κ3) is 2.69. The van der Waals surface area contributed by atoms with Gasteiger partial charge in [-0.1, -0.05) is 30.3 Å². The highest BCUT2D eigenvalue weighted by Gasteiger charge is 2.08. The zero-order valence-corrected chi connectivity index (χ0v) is 10.2. The maximum Gasteiger partial charge on any atom is 0.294 e. The average Bonchev–Trinajstić information content (AvgIpc) is 2.16. The van der Waals surface area contributed by atoms with Crippen LogP contribution in [0.15, 0.2) is 47.4 Å². The monoisotopic (exact) mass is 232 g/mol. The first-order valence-corrected chi connectivity index (χ1v) is 5.48. The maximum absolute atomic E-state index is 10.8. The van der Waals surface area contributed by atoms with Gasteiger partial charge in [0.05, 0.1) is 4.90 Å². The first-order chi connectivity index (χ1) is 6.57. The molecule has 0 fully saturated rings. The Kier molecular flexibility index (Phi) is 3.72. The fourth-order valence-corrected chi connectivity index (χ4v) is 1.84. The average molecular weight is 233 g/mol. The molecule has 1 N–H and O–H groups in total. The molecule has 2 aromatic rings. The molecule has 0 unspecified atom stereocenters. The van der Waals surface area contributed by atoms with Gasteiger partial charge in [-0.2, -0.15) is 8.42 Å². The molecular weight excluding hydrogens is 224 g/mol. The van der Waals surface area contributed by atoms with Crippen molar-refractivity contribution in [1.29, 1.82) is 0 Å². The minimum Gasteiger partial charge on any atom is -0.282 e. The Morgan fingerprint density at radius 2 is 1.53 bits per heavy atom. The van der Waals surface area contributed by atoms with E-state index in [0.717, 1.165) is 10.8 Å². The fourth-order valence-electron chi connectivity index (χ4n) is 1.33. The van der Waals surface area contributed by atoms with Gasteiger partial charge in [0.2, 0.25) is 0 Å². The second kappa shape index (κ2) is 4.48. The van der Waals surface area contributed by atoms with E-state index in [1.807, 2.05) is 18.2 Å². The lowest BCUT2D eigenvalue weighted by Crippen LogP contribution is -1.97. The molecule has 0 saturated heterocycles. The molecule has 2 rings (SSSR count). The molecular formula is C10H8MgO3S. The van der Waals surface area contributed by atoms with Gasteiger partial charge in [0.1, 0.15) is 0 Å². The van der Waals surface area contributed by atoms with E-state index >= 15 is 0 Å². The van der Waals surface area contributed by atoms with Crippen LogP contribution in [-0.4, -0.2) is 36.0 Å². The van der Waals surface area contributed by atoms with Crippen LogP contribution in [0.5, 0.6) is 0 Å². The molecule has 0 heterocycles. The van der Waals surface area contributed by atoms with Crippen molar-refractivity contribution in [1.82, 2.24) is 0 Å². The van der Waals surface area contributed by atoms with E-state index in [1.54, 1.807) is 12.1 Å².